The van der Waals surface area contributed by atoms with Crippen molar-refractivity contribution in [1.29, 1.82) is 0 Å². The first-order valence-electron chi connectivity index (χ1n) is 10.5. The predicted molar refractivity (Wildman–Crippen MR) is 129 cm³/mol. The smallest absolute Gasteiger partial charge is 0.271 e. The highest BCUT2D eigenvalue weighted by Crippen LogP contribution is 2.20. The molecule has 2 N–H and O–H groups in total. The highest BCUT2D eigenvalue weighted by molar-refractivity contribution is 7.94. The standard InChI is InChI=1S/C23H26N4O3S2/c28-23(19-8-10-20(11-9-19)25-32(29,30)22-7-4-18-31-22)24-12-13-26-14-16-27(17-15-26)21-5-2-1-3-6-21/h1-11,18,25H,12-17H2,(H,24,28). The van der Waals surface area contributed by atoms with Gasteiger partial charge in [-0.3, -0.25) is 14.4 Å². The molecule has 9 heteroatoms. The normalized spacial score (nSPS) is 14.8. The van der Waals surface area contributed by atoms with E-state index in [-0.39, 0.29) is 10.1 Å². The molecule has 0 atom stereocenters. The van der Waals surface area contributed by atoms with Crippen molar-refractivity contribution in [3.05, 3.63) is 77.7 Å². The average molecular weight is 471 g/mol. The zero-order valence-electron chi connectivity index (χ0n) is 17.6. The summed E-state index contributed by atoms with van der Waals surface area (Å²) in [6.45, 7) is 5.24. The molecular formula is C23H26N4O3S2. The van der Waals surface area contributed by atoms with Gasteiger partial charge in [-0.15, -0.1) is 11.3 Å². The minimum atomic E-state index is -3.59. The van der Waals surface area contributed by atoms with Crippen LogP contribution in [0.4, 0.5) is 11.4 Å². The van der Waals surface area contributed by atoms with E-state index in [0.29, 0.717) is 17.8 Å². The van der Waals surface area contributed by atoms with Gasteiger partial charge >= 0.3 is 0 Å². The van der Waals surface area contributed by atoms with Gasteiger partial charge in [-0.1, -0.05) is 24.3 Å². The van der Waals surface area contributed by atoms with Crippen LogP contribution >= 0.6 is 11.3 Å². The molecule has 2 aromatic carbocycles. The van der Waals surface area contributed by atoms with E-state index in [4.69, 9.17) is 0 Å². The Labute approximate surface area is 192 Å². The van der Waals surface area contributed by atoms with Gasteiger partial charge in [0.05, 0.1) is 0 Å². The van der Waals surface area contributed by atoms with Crippen LogP contribution in [0.25, 0.3) is 0 Å². The van der Waals surface area contributed by atoms with Crippen LogP contribution in [0.5, 0.6) is 0 Å². The molecule has 0 spiro atoms. The van der Waals surface area contributed by atoms with Gasteiger partial charge in [-0.25, -0.2) is 8.42 Å². The van der Waals surface area contributed by atoms with E-state index in [0.717, 1.165) is 44.1 Å². The quantitative estimate of drug-likeness (QED) is 0.529. The van der Waals surface area contributed by atoms with Crippen LogP contribution in [-0.2, 0) is 10.0 Å². The van der Waals surface area contributed by atoms with E-state index in [9.17, 15) is 13.2 Å². The molecule has 1 aliphatic rings. The zero-order chi connectivity index (χ0) is 22.4. The molecule has 0 bridgehead atoms. The number of carbonyl (C=O) groups excluding carboxylic acids is 1. The zero-order valence-corrected chi connectivity index (χ0v) is 19.2. The summed E-state index contributed by atoms with van der Waals surface area (Å²) in [6, 6.07) is 20.1. The Hall–Kier alpha value is -2.88. The summed E-state index contributed by atoms with van der Waals surface area (Å²) >= 11 is 1.16. The van der Waals surface area contributed by atoms with E-state index in [1.807, 2.05) is 6.07 Å². The fraction of sp³-hybridized carbons (Fsp3) is 0.261. The van der Waals surface area contributed by atoms with E-state index in [1.54, 1.807) is 41.8 Å². The number of benzene rings is 2. The van der Waals surface area contributed by atoms with Crippen LogP contribution in [0, 0.1) is 0 Å². The molecule has 168 valence electrons. The SMILES string of the molecule is O=C(NCCN1CCN(c2ccccc2)CC1)c1ccc(NS(=O)(=O)c2cccs2)cc1. The Morgan fingerprint density at radius 2 is 1.62 bits per heavy atom. The molecule has 32 heavy (non-hydrogen) atoms. The average Bonchev–Trinajstić information content (AvgIpc) is 3.37. The number of nitrogens with one attached hydrogen (secondary N) is 2. The maximum atomic E-state index is 12.4. The first-order valence-corrected chi connectivity index (χ1v) is 12.8. The molecular weight excluding hydrogens is 444 g/mol. The van der Waals surface area contributed by atoms with Gasteiger partial charge in [0.2, 0.25) is 0 Å². The number of carbonyl (C=O) groups is 1. The van der Waals surface area contributed by atoms with Crippen molar-refractivity contribution in [3.8, 4) is 0 Å². The summed E-state index contributed by atoms with van der Waals surface area (Å²) in [5.41, 5.74) is 2.17. The molecule has 0 unspecified atom stereocenters. The lowest BCUT2D eigenvalue weighted by atomic mass is 10.2. The third kappa shape index (κ3) is 5.67. The minimum Gasteiger partial charge on any atom is -0.369 e. The fourth-order valence-corrected chi connectivity index (χ4v) is 5.66. The summed E-state index contributed by atoms with van der Waals surface area (Å²) in [7, 11) is -3.59. The summed E-state index contributed by atoms with van der Waals surface area (Å²) < 4.78 is 27.4. The molecule has 4 rings (SSSR count). The van der Waals surface area contributed by atoms with Crippen LogP contribution in [0.2, 0.25) is 0 Å². The van der Waals surface area contributed by atoms with Crippen molar-refractivity contribution in [1.82, 2.24) is 10.2 Å². The van der Waals surface area contributed by atoms with E-state index >= 15 is 0 Å². The summed E-state index contributed by atoms with van der Waals surface area (Å²) in [6.07, 6.45) is 0. The van der Waals surface area contributed by atoms with Gasteiger partial charge in [0.15, 0.2) is 0 Å². The lowest BCUT2D eigenvalue weighted by molar-refractivity contribution is 0.0948. The van der Waals surface area contributed by atoms with Crippen LogP contribution in [-0.4, -0.2) is 58.5 Å². The highest BCUT2D eigenvalue weighted by Gasteiger charge is 2.17. The number of anilines is 2. The highest BCUT2D eigenvalue weighted by atomic mass is 32.2. The van der Waals surface area contributed by atoms with Crippen LogP contribution < -0.4 is 14.9 Å². The molecule has 2 heterocycles. The molecule has 7 nitrogen and oxygen atoms in total. The maximum absolute atomic E-state index is 12.4. The Kier molecular flexibility index (Phi) is 7.09. The van der Waals surface area contributed by atoms with Crippen LogP contribution in [0.3, 0.4) is 0 Å². The van der Waals surface area contributed by atoms with E-state index in [2.05, 4.69) is 44.1 Å². The summed E-state index contributed by atoms with van der Waals surface area (Å²) in [4.78, 5) is 17.2. The largest absolute Gasteiger partial charge is 0.369 e. The second kappa shape index (κ2) is 10.2. The van der Waals surface area contributed by atoms with Gasteiger partial charge in [-0.05, 0) is 47.8 Å². The second-order valence-corrected chi connectivity index (χ2v) is 10.4. The van der Waals surface area contributed by atoms with E-state index < -0.39 is 10.0 Å². The second-order valence-electron chi connectivity index (χ2n) is 7.54. The molecule has 0 radical (unpaired) electrons. The maximum Gasteiger partial charge on any atom is 0.271 e. The van der Waals surface area contributed by atoms with Crippen molar-refractivity contribution in [2.24, 2.45) is 0 Å². The Balaban J connectivity index is 1.21. The lowest BCUT2D eigenvalue weighted by Crippen LogP contribution is -2.48. The third-order valence-corrected chi connectivity index (χ3v) is 8.15. The Morgan fingerprint density at radius 3 is 2.28 bits per heavy atom. The topological polar surface area (TPSA) is 81.8 Å². The Morgan fingerprint density at radius 1 is 0.906 bits per heavy atom. The third-order valence-electron chi connectivity index (χ3n) is 5.37. The van der Waals surface area contributed by atoms with Crippen molar-refractivity contribution < 1.29 is 13.2 Å². The van der Waals surface area contributed by atoms with Crippen molar-refractivity contribution >= 4 is 38.6 Å². The monoisotopic (exact) mass is 470 g/mol. The minimum absolute atomic E-state index is 0.166. The number of rotatable bonds is 8. The van der Waals surface area contributed by atoms with Crippen molar-refractivity contribution in [3.63, 3.8) is 0 Å². The van der Waals surface area contributed by atoms with Gasteiger partial charge < -0.3 is 10.2 Å². The Bertz CT molecular complexity index is 1110. The number of nitrogens with zero attached hydrogens (tertiary/aromatic N) is 2. The molecule has 0 saturated carbocycles. The number of sulfonamides is 1. The predicted octanol–water partition coefficient (Wildman–Crippen LogP) is 3.10. The first-order chi connectivity index (χ1) is 15.5. The van der Waals surface area contributed by atoms with Crippen LogP contribution in [0.1, 0.15) is 10.4 Å². The van der Waals surface area contributed by atoms with Gasteiger partial charge in [0, 0.05) is 56.2 Å². The first kappa shape index (κ1) is 22.3. The molecule has 1 amide bonds. The van der Waals surface area contributed by atoms with E-state index in [1.165, 1.54) is 5.69 Å². The van der Waals surface area contributed by atoms with Crippen molar-refractivity contribution in [2.75, 3.05) is 48.9 Å². The molecule has 3 aromatic rings. The lowest BCUT2D eigenvalue weighted by Gasteiger charge is -2.36. The summed E-state index contributed by atoms with van der Waals surface area (Å²) in [5.74, 6) is -0.166. The van der Waals surface area contributed by atoms with Gasteiger partial charge in [0.1, 0.15) is 4.21 Å². The number of piperazine rings is 1. The number of amides is 1. The molecule has 1 aromatic heterocycles. The van der Waals surface area contributed by atoms with Gasteiger partial charge in [-0.2, -0.15) is 0 Å². The molecule has 1 saturated heterocycles. The number of thiophene rings is 1. The summed E-state index contributed by atoms with van der Waals surface area (Å²) in [5, 5.41) is 4.66. The molecule has 1 fully saturated rings. The van der Waals surface area contributed by atoms with Crippen LogP contribution in [0.15, 0.2) is 76.3 Å². The van der Waals surface area contributed by atoms with Gasteiger partial charge in [0.25, 0.3) is 15.9 Å². The molecule has 1 aliphatic heterocycles. The number of hydrogen-bond donors (Lipinski definition) is 2. The fourth-order valence-electron chi connectivity index (χ4n) is 3.61. The number of para-hydroxylation sites is 1. The number of hydrogen-bond acceptors (Lipinski definition) is 6. The van der Waals surface area contributed by atoms with Crippen molar-refractivity contribution in [2.45, 2.75) is 4.21 Å². The molecule has 0 aliphatic carbocycles.